The molecule has 128 valence electrons. The first-order valence-electron chi connectivity index (χ1n) is 7.70. The Morgan fingerprint density at radius 1 is 1.30 bits per heavy atom. The lowest BCUT2D eigenvalue weighted by atomic mass is 9.59. The number of carbonyl (C=O) groups excluding carboxylic acids is 1. The van der Waals surface area contributed by atoms with Crippen LogP contribution in [0.5, 0.6) is 0 Å². The molecule has 8 atom stereocenters. The van der Waals surface area contributed by atoms with Gasteiger partial charge in [0.1, 0.15) is 24.4 Å². The first-order valence-corrected chi connectivity index (χ1v) is 9.52. The van der Waals surface area contributed by atoms with E-state index in [-0.39, 0.29) is 42.3 Å². The van der Waals surface area contributed by atoms with Crippen LogP contribution in [0, 0.1) is 11.3 Å². The number of carbonyl (C=O) groups is 1. The summed E-state index contributed by atoms with van der Waals surface area (Å²) in [5.74, 6) is -0.838. The number of esters is 1. The number of methoxy groups -OCH3 is 1. The molecular weight excluding hydrogens is 328 g/mol. The molecule has 5 rings (SSSR count). The van der Waals surface area contributed by atoms with Crippen LogP contribution in [0.2, 0.25) is 0 Å². The minimum absolute atomic E-state index is 0.0656. The van der Waals surface area contributed by atoms with E-state index in [1.54, 1.807) is 0 Å². The van der Waals surface area contributed by atoms with Gasteiger partial charge in [-0.25, -0.2) is 8.42 Å². The standard InChI is InChI=1S/C14H18O8S/c1-6(15)19-4-13-7-3-23(16,17)5-14(13)11-10(21-11)9(22-14)8(13)12(18-2)20-7/h7-12H,3-5H2,1-2H3/t7-,8-,9-,10-,11-,12+,13+,14-/m1/s1. The first-order chi connectivity index (χ1) is 10.8. The molecule has 9 heteroatoms. The lowest BCUT2D eigenvalue weighted by Crippen LogP contribution is -2.67. The second kappa shape index (κ2) is 4.08. The molecule has 1 spiro atoms. The molecule has 0 N–H and O–H groups in total. The van der Waals surface area contributed by atoms with E-state index in [2.05, 4.69) is 0 Å². The first kappa shape index (κ1) is 14.6. The fourth-order valence-corrected chi connectivity index (χ4v) is 7.50. The summed E-state index contributed by atoms with van der Waals surface area (Å²) in [6.45, 7) is 1.40. The highest BCUT2D eigenvalue weighted by Crippen LogP contribution is 2.72. The van der Waals surface area contributed by atoms with Crippen molar-refractivity contribution in [2.75, 3.05) is 25.2 Å². The van der Waals surface area contributed by atoms with Gasteiger partial charge in [0.05, 0.1) is 35.0 Å². The van der Waals surface area contributed by atoms with Crippen molar-refractivity contribution in [3.63, 3.8) is 0 Å². The highest BCUT2D eigenvalue weighted by Gasteiger charge is 2.89. The number of ether oxygens (including phenoxy) is 5. The minimum Gasteiger partial charge on any atom is -0.465 e. The summed E-state index contributed by atoms with van der Waals surface area (Å²) in [5, 5.41) is 0. The molecule has 5 aliphatic rings. The van der Waals surface area contributed by atoms with E-state index in [9.17, 15) is 13.2 Å². The van der Waals surface area contributed by atoms with Crippen molar-refractivity contribution in [1.29, 1.82) is 0 Å². The Hall–Kier alpha value is -0.740. The van der Waals surface area contributed by atoms with Crippen molar-refractivity contribution in [2.45, 2.75) is 43.2 Å². The second-order valence-corrected chi connectivity index (χ2v) is 9.23. The monoisotopic (exact) mass is 346 g/mol. The van der Waals surface area contributed by atoms with Crippen LogP contribution >= 0.6 is 0 Å². The molecule has 5 fully saturated rings. The van der Waals surface area contributed by atoms with E-state index in [0.717, 1.165) is 0 Å². The fraction of sp³-hybridized carbons (Fsp3) is 0.929. The van der Waals surface area contributed by atoms with Crippen molar-refractivity contribution in [3.05, 3.63) is 0 Å². The Kier molecular flexibility index (Phi) is 2.59. The lowest BCUT2D eigenvalue weighted by Gasteiger charge is -2.48. The summed E-state index contributed by atoms with van der Waals surface area (Å²) < 4.78 is 53.5. The zero-order chi connectivity index (χ0) is 16.2. The van der Waals surface area contributed by atoms with Crippen molar-refractivity contribution < 1.29 is 36.9 Å². The molecule has 0 aromatic heterocycles. The lowest BCUT2D eigenvalue weighted by molar-refractivity contribution is -0.180. The average Bonchev–Trinajstić information content (AvgIpc) is 3.05. The molecular formula is C14H18O8S. The van der Waals surface area contributed by atoms with Crippen LogP contribution in [0.15, 0.2) is 0 Å². The molecule has 5 heterocycles. The molecule has 2 bridgehead atoms. The van der Waals surface area contributed by atoms with Gasteiger partial charge in [-0.2, -0.15) is 0 Å². The van der Waals surface area contributed by atoms with Gasteiger partial charge >= 0.3 is 5.97 Å². The van der Waals surface area contributed by atoms with Gasteiger partial charge < -0.3 is 23.7 Å². The molecule has 8 nitrogen and oxygen atoms in total. The molecule has 0 unspecified atom stereocenters. The largest absolute Gasteiger partial charge is 0.465 e. The normalized spacial score (nSPS) is 57.0. The van der Waals surface area contributed by atoms with Gasteiger partial charge in [0, 0.05) is 14.0 Å². The maximum atomic E-state index is 12.4. The molecule has 0 aromatic rings. The Labute approximate surface area is 133 Å². The van der Waals surface area contributed by atoms with Crippen LogP contribution in [0.4, 0.5) is 0 Å². The third kappa shape index (κ3) is 1.51. The zero-order valence-electron chi connectivity index (χ0n) is 12.8. The van der Waals surface area contributed by atoms with Gasteiger partial charge in [-0.15, -0.1) is 0 Å². The number of fused-ring (bicyclic) bond motifs is 4. The summed E-state index contributed by atoms with van der Waals surface area (Å²) in [5.41, 5.74) is -1.73. The van der Waals surface area contributed by atoms with Crippen LogP contribution in [-0.2, 0) is 38.3 Å². The van der Waals surface area contributed by atoms with Gasteiger partial charge in [0.15, 0.2) is 16.1 Å². The molecule has 0 aliphatic carbocycles. The Balaban J connectivity index is 1.67. The maximum absolute atomic E-state index is 12.4. The molecule has 23 heavy (non-hydrogen) atoms. The predicted molar refractivity (Wildman–Crippen MR) is 73.1 cm³/mol. The molecule has 0 saturated carbocycles. The van der Waals surface area contributed by atoms with Crippen molar-refractivity contribution in [1.82, 2.24) is 0 Å². The van der Waals surface area contributed by atoms with E-state index >= 15 is 0 Å². The molecule has 0 aromatic carbocycles. The van der Waals surface area contributed by atoms with Crippen LogP contribution < -0.4 is 0 Å². The third-order valence-corrected chi connectivity index (χ3v) is 7.82. The van der Waals surface area contributed by atoms with Crippen molar-refractivity contribution in [3.8, 4) is 0 Å². The SMILES string of the molecule is CO[C@H]1O[C@@H]2CS(=O)(=O)C[C@@]34O[C@@H]([C@H]5O[C@H]53)[C@H]1[C@]24COC(C)=O. The Morgan fingerprint density at radius 3 is 2.78 bits per heavy atom. The molecule has 0 radical (unpaired) electrons. The Morgan fingerprint density at radius 2 is 2.09 bits per heavy atom. The summed E-state index contributed by atoms with van der Waals surface area (Å²) in [6.07, 6.45) is -1.86. The highest BCUT2D eigenvalue weighted by molar-refractivity contribution is 7.91. The second-order valence-electron chi connectivity index (χ2n) is 7.12. The highest BCUT2D eigenvalue weighted by atomic mass is 32.2. The van der Waals surface area contributed by atoms with Gasteiger partial charge in [-0.1, -0.05) is 0 Å². The van der Waals surface area contributed by atoms with Gasteiger partial charge in [0.25, 0.3) is 0 Å². The van der Waals surface area contributed by atoms with Crippen molar-refractivity contribution in [2.24, 2.45) is 11.3 Å². The van der Waals surface area contributed by atoms with Crippen LogP contribution in [0.25, 0.3) is 0 Å². The van der Waals surface area contributed by atoms with Gasteiger partial charge in [-0.3, -0.25) is 4.79 Å². The van der Waals surface area contributed by atoms with Crippen LogP contribution in [0.3, 0.4) is 0 Å². The van der Waals surface area contributed by atoms with Crippen LogP contribution in [0.1, 0.15) is 6.92 Å². The predicted octanol–water partition coefficient (Wildman–Crippen LogP) is -1.13. The van der Waals surface area contributed by atoms with E-state index in [0.29, 0.717) is 0 Å². The number of hydrogen-bond donors (Lipinski definition) is 0. The quantitative estimate of drug-likeness (QED) is 0.467. The number of sulfone groups is 1. The summed E-state index contributed by atoms with van der Waals surface area (Å²) in [7, 11) is -1.83. The third-order valence-electron chi connectivity index (χ3n) is 6.14. The topological polar surface area (TPSA) is 101 Å². The summed E-state index contributed by atoms with van der Waals surface area (Å²) >= 11 is 0. The van der Waals surface area contributed by atoms with Gasteiger partial charge in [-0.05, 0) is 0 Å². The smallest absolute Gasteiger partial charge is 0.302 e. The Bertz CT molecular complexity index is 691. The molecule has 0 amide bonds. The van der Waals surface area contributed by atoms with E-state index in [1.165, 1.54) is 14.0 Å². The number of epoxide rings is 1. The van der Waals surface area contributed by atoms with E-state index in [1.807, 2.05) is 0 Å². The molecule has 5 aliphatic heterocycles. The molecule has 5 saturated heterocycles. The van der Waals surface area contributed by atoms with E-state index in [4.69, 9.17) is 23.7 Å². The average molecular weight is 346 g/mol. The summed E-state index contributed by atoms with van der Waals surface area (Å²) in [4.78, 5) is 11.4. The van der Waals surface area contributed by atoms with Gasteiger partial charge in [0.2, 0.25) is 0 Å². The van der Waals surface area contributed by atoms with E-state index < -0.39 is 39.2 Å². The zero-order valence-corrected chi connectivity index (χ0v) is 13.6. The number of rotatable bonds is 3. The maximum Gasteiger partial charge on any atom is 0.302 e. The summed E-state index contributed by atoms with van der Waals surface area (Å²) in [6, 6.07) is 0. The number of hydrogen-bond acceptors (Lipinski definition) is 8. The minimum atomic E-state index is -3.36. The van der Waals surface area contributed by atoms with Crippen molar-refractivity contribution >= 4 is 15.8 Å². The fourth-order valence-electron chi connectivity index (χ4n) is 5.40. The van der Waals surface area contributed by atoms with Crippen LogP contribution in [-0.4, -0.2) is 75.9 Å².